The number of phosphoric acid groups is 1. The summed E-state index contributed by atoms with van der Waals surface area (Å²) in [6.45, 7) is -0.481. The molecule has 1 aromatic heterocycles. The first-order chi connectivity index (χ1) is 10.5. The Labute approximate surface area is 125 Å². The topological polar surface area (TPSA) is 131 Å². The van der Waals surface area contributed by atoms with E-state index in [1.165, 1.54) is 0 Å². The summed E-state index contributed by atoms with van der Waals surface area (Å²) in [4.78, 5) is 41.5. The Kier molecular flexibility index (Phi) is 4.83. The van der Waals surface area contributed by atoms with Crippen molar-refractivity contribution in [2.75, 3.05) is 6.61 Å². The van der Waals surface area contributed by atoms with Crippen molar-refractivity contribution in [2.24, 2.45) is 0 Å². The molecule has 1 aromatic rings. The van der Waals surface area contributed by atoms with Crippen LogP contribution in [0.3, 0.4) is 0 Å². The maximum Gasteiger partial charge on any atom is 0.469 e. The van der Waals surface area contributed by atoms with E-state index in [0.29, 0.717) is 10.8 Å². The number of H-pyrrole nitrogens is 1. The first kappa shape index (κ1) is 17.9. The monoisotopic (exact) mass is 360 g/mol. The summed E-state index contributed by atoms with van der Waals surface area (Å²) in [5.74, 6) is 0. The number of nitrogens with zero attached hydrogens (tertiary/aromatic N) is 1. The number of aromatic nitrogens is 2. The Morgan fingerprint density at radius 1 is 1.39 bits per heavy atom. The van der Waals surface area contributed by atoms with Gasteiger partial charge in [-0.2, -0.15) is 13.2 Å². The number of halogens is 3. The molecule has 2 rings (SSSR count). The van der Waals surface area contributed by atoms with E-state index in [4.69, 9.17) is 14.5 Å². The van der Waals surface area contributed by atoms with Crippen LogP contribution in [0.4, 0.5) is 13.2 Å². The second kappa shape index (κ2) is 6.21. The molecule has 0 radical (unpaired) electrons. The number of rotatable bonds is 4. The fraction of sp³-hybridized carbons (Fsp3) is 0.600. The molecule has 1 saturated heterocycles. The van der Waals surface area contributed by atoms with Gasteiger partial charge in [-0.1, -0.05) is 0 Å². The van der Waals surface area contributed by atoms with Gasteiger partial charge in [0.05, 0.1) is 12.7 Å². The van der Waals surface area contributed by atoms with Crippen LogP contribution in [0.2, 0.25) is 0 Å². The highest BCUT2D eigenvalue weighted by Gasteiger charge is 2.36. The van der Waals surface area contributed by atoms with Crippen LogP contribution >= 0.6 is 7.82 Å². The highest BCUT2D eigenvalue weighted by Crippen LogP contribution is 2.38. The standard InChI is InChI=1S/C10H12F3N2O7P/c11-10(12,13)6-3-15(9(17)14-8(6)16)7-2-1-5(22-7)4-21-23(18,19)20/h3,5,7H,1-2,4H2,(H,14,16,17)(H2,18,19,20)/t5-,7+/m0/s1. The average Bonchev–Trinajstić information content (AvgIpc) is 2.82. The number of alkyl halides is 3. The molecule has 23 heavy (non-hydrogen) atoms. The summed E-state index contributed by atoms with van der Waals surface area (Å²) in [5.41, 5.74) is -4.18. The van der Waals surface area contributed by atoms with Gasteiger partial charge >= 0.3 is 19.7 Å². The molecular formula is C10H12F3N2O7P. The largest absolute Gasteiger partial charge is 0.469 e. The van der Waals surface area contributed by atoms with Gasteiger partial charge in [0.25, 0.3) is 5.56 Å². The Hall–Kier alpha value is -1.46. The third-order valence-corrected chi connectivity index (χ3v) is 3.58. The first-order valence-electron chi connectivity index (χ1n) is 6.25. The normalized spacial score (nSPS) is 22.5. The predicted molar refractivity (Wildman–Crippen MR) is 67.5 cm³/mol. The number of nitrogens with one attached hydrogen (secondary N) is 1. The molecular weight excluding hydrogens is 348 g/mol. The highest BCUT2D eigenvalue weighted by molar-refractivity contribution is 7.46. The molecule has 0 saturated carbocycles. The lowest BCUT2D eigenvalue weighted by Crippen LogP contribution is -2.36. The zero-order chi connectivity index (χ0) is 17.4. The molecule has 0 aromatic carbocycles. The van der Waals surface area contributed by atoms with E-state index in [1.54, 1.807) is 4.98 Å². The van der Waals surface area contributed by atoms with Crippen LogP contribution in [0.1, 0.15) is 24.6 Å². The molecule has 0 unspecified atom stereocenters. The van der Waals surface area contributed by atoms with E-state index >= 15 is 0 Å². The Morgan fingerprint density at radius 2 is 2.04 bits per heavy atom. The number of hydrogen-bond acceptors (Lipinski definition) is 5. The molecule has 0 aliphatic carbocycles. The summed E-state index contributed by atoms with van der Waals surface area (Å²) < 4.78 is 58.7. The van der Waals surface area contributed by atoms with E-state index in [-0.39, 0.29) is 12.8 Å². The van der Waals surface area contributed by atoms with Crippen LogP contribution in [-0.4, -0.2) is 32.0 Å². The second-order valence-electron chi connectivity index (χ2n) is 4.78. The number of hydrogen-bond donors (Lipinski definition) is 3. The fourth-order valence-corrected chi connectivity index (χ4v) is 2.46. The lowest BCUT2D eigenvalue weighted by molar-refractivity contribution is -0.139. The average molecular weight is 360 g/mol. The first-order valence-corrected chi connectivity index (χ1v) is 7.78. The summed E-state index contributed by atoms with van der Waals surface area (Å²) in [6.07, 6.45) is -6.18. The van der Waals surface area contributed by atoms with Crippen molar-refractivity contribution < 1.29 is 36.8 Å². The SMILES string of the molecule is O=c1[nH]c(=O)n([C@H]2CC[C@@H](COP(=O)(O)O)O2)cc1C(F)(F)F. The maximum atomic E-state index is 12.7. The van der Waals surface area contributed by atoms with E-state index in [0.717, 1.165) is 0 Å². The summed E-state index contributed by atoms with van der Waals surface area (Å²) >= 11 is 0. The summed E-state index contributed by atoms with van der Waals surface area (Å²) in [5, 5.41) is 0. The van der Waals surface area contributed by atoms with E-state index < -0.39 is 49.8 Å². The Bertz CT molecular complexity index is 737. The minimum atomic E-state index is -4.94. The molecule has 3 N–H and O–H groups in total. The van der Waals surface area contributed by atoms with Crippen molar-refractivity contribution in [3.63, 3.8) is 0 Å². The highest BCUT2D eigenvalue weighted by atomic mass is 31.2. The molecule has 2 heterocycles. The molecule has 1 aliphatic heterocycles. The van der Waals surface area contributed by atoms with E-state index in [2.05, 4.69) is 4.52 Å². The van der Waals surface area contributed by atoms with Crippen LogP contribution in [-0.2, 0) is 20.0 Å². The van der Waals surface area contributed by atoms with Gasteiger partial charge in [0.15, 0.2) is 0 Å². The van der Waals surface area contributed by atoms with Crippen molar-refractivity contribution in [1.29, 1.82) is 0 Å². The maximum absolute atomic E-state index is 12.7. The van der Waals surface area contributed by atoms with Crippen molar-refractivity contribution in [1.82, 2.24) is 9.55 Å². The Morgan fingerprint density at radius 3 is 2.61 bits per heavy atom. The van der Waals surface area contributed by atoms with Crippen molar-refractivity contribution in [2.45, 2.75) is 31.3 Å². The van der Waals surface area contributed by atoms with Crippen molar-refractivity contribution >= 4 is 7.82 Å². The molecule has 1 fully saturated rings. The second-order valence-corrected chi connectivity index (χ2v) is 6.02. The van der Waals surface area contributed by atoms with Gasteiger partial charge in [-0.25, -0.2) is 9.36 Å². The minimum Gasteiger partial charge on any atom is -0.352 e. The van der Waals surface area contributed by atoms with Crippen LogP contribution < -0.4 is 11.2 Å². The fourth-order valence-electron chi connectivity index (χ4n) is 2.10. The molecule has 1 aliphatic rings. The summed E-state index contributed by atoms with van der Waals surface area (Å²) in [6, 6.07) is 0. The Balaban J connectivity index is 2.19. The van der Waals surface area contributed by atoms with Crippen molar-refractivity contribution in [3.8, 4) is 0 Å². The predicted octanol–water partition coefficient (Wildman–Crippen LogP) is 0.342. The van der Waals surface area contributed by atoms with Gasteiger partial charge in [0.2, 0.25) is 0 Å². The van der Waals surface area contributed by atoms with Gasteiger partial charge in [0, 0.05) is 6.20 Å². The summed E-state index contributed by atoms with van der Waals surface area (Å²) in [7, 11) is -4.70. The molecule has 130 valence electrons. The van der Waals surface area contributed by atoms with Gasteiger partial charge < -0.3 is 14.5 Å². The zero-order valence-electron chi connectivity index (χ0n) is 11.3. The van der Waals surface area contributed by atoms with Gasteiger partial charge in [0.1, 0.15) is 11.8 Å². The van der Waals surface area contributed by atoms with E-state index in [9.17, 15) is 27.3 Å². The van der Waals surface area contributed by atoms with Gasteiger partial charge in [-0.05, 0) is 12.8 Å². The lowest BCUT2D eigenvalue weighted by Gasteiger charge is -2.17. The number of phosphoric ester groups is 1. The van der Waals surface area contributed by atoms with E-state index in [1.807, 2.05) is 0 Å². The zero-order valence-corrected chi connectivity index (χ0v) is 12.2. The van der Waals surface area contributed by atoms with Gasteiger partial charge in [-0.15, -0.1) is 0 Å². The quantitative estimate of drug-likeness (QED) is 0.660. The van der Waals surface area contributed by atoms with Crippen LogP contribution in [0, 0.1) is 0 Å². The molecule has 2 atom stereocenters. The molecule has 0 bridgehead atoms. The lowest BCUT2D eigenvalue weighted by atomic mass is 10.2. The molecule has 9 nitrogen and oxygen atoms in total. The number of ether oxygens (including phenoxy) is 1. The van der Waals surface area contributed by atoms with Crippen LogP contribution in [0.15, 0.2) is 15.8 Å². The van der Waals surface area contributed by atoms with Gasteiger partial charge in [-0.3, -0.25) is 18.9 Å². The molecule has 0 spiro atoms. The van der Waals surface area contributed by atoms with Crippen LogP contribution in [0.5, 0.6) is 0 Å². The minimum absolute atomic E-state index is 0.110. The molecule has 0 amide bonds. The smallest absolute Gasteiger partial charge is 0.352 e. The number of aromatic amines is 1. The van der Waals surface area contributed by atoms with Crippen molar-refractivity contribution in [3.05, 3.63) is 32.6 Å². The third kappa shape index (κ3) is 4.52. The third-order valence-electron chi connectivity index (χ3n) is 3.10. The molecule has 13 heteroatoms. The van der Waals surface area contributed by atoms with Crippen LogP contribution in [0.25, 0.3) is 0 Å².